The lowest BCUT2D eigenvalue weighted by atomic mass is 9.97. The zero-order valence-corrected chi connectivity index (χ0v) is 16.5. The van der Waals surface area contributed by atoms with E-state index in [0.29, 0.717) is 37.4 Å². The van der Waals surface area contributed by atoms with Crippen LogP contribution in [0.4, 0.5) is 0 Å². The van der Waals surface area contributed by atoms with Crippen LogP contribution in [0.5, 0.6) is 0 Å². The van der Waals surface area contributed by atoms with Gasteiger partial charge in [0.05, 0.1) is 0 Å². The Morgan fingerprint density at radius 1 is 1.07 bits per heavy atom. The molecule has 0 N–H and O–H groups in total. The average Bonchev–Trinajstić information content (AvgIpc) is 3.48. The largest absolute Gasteiger partial charge is 0.324 e. The molecule has 5 rings (SSSR count). The van der Waals surface area contributed by atoms with Crippen molar-refractivity contribution >= 4 is 15.7 Å². The molecule has 0 spiro atoms. The summed E-state index contributed by atoms with van der Waals surface area (Å²) in [6, 6.07) is 5.51. The molecule has 0 aliphatic carbocycles. The standard InChI is InChI=1S/C17H19N9O2S/c1-23-12-8-18-17(23)29(27,28)24-10-5-13(6-11-24)16-21-20-14-3-4-15(22-26(14)16)25-9-2-7-19-25/h2-4,7-9,12-13H,5-6,10-11H2,1H3. The van der Waals surface area contributed by atoms with Crippen molar-refractivity contribution in [2.75, 3.05) is 13.1 Å². The van der Waals surface area contributed by atoms with Crippen LogP contribution in [-0.4, -0.2) is 65.0 Å². The molecule has 12 heteroatoms. The van der Waals surface area contributed by atoms with E-state index in [1.54, 1.807) is 28.6 Å². The summed E-state index contributed by atoms with van der Waals surface area (Å²) in [5, 5.41) is 17.4. The van der Waals surface area contributed by atoms with Gasteiger partial charge < -0.3 is 4.57 Å². The van der Waals surface area contributed by atoms with Crippen LogP contribution in [0, 0.1) is 0 Å². The second-order valence-corrected chi connectivity index (χ2v) is 8.80. The van der Waals surface area contributed by atoms with Crippen molar-refractivity contribution in [2.24, 2.45) is 7.05 Å². The maximum Gasteiger partial charge on any atom is 0.276 e. The number of hydrogen-bond acceptors (Lipinski definition) is 7. The summed E-state index contributed by atoms with van der Waals surface area (Å²) in [5.41, 5.74) is 0.652. The summed E-state index contributed by atoms with van der Waals surface area (Å²) in [6.07, 6.45) is 7.90. The topological polar surface area (TPSA) is 116 Å². The van der Waals surface area contributed by atoms with E-state index < -0.39 is 10.0 Å². The molecule has 0 unspecified atom stereocenters. The summed E-state index contributed by atoms with van der Waals surface area (Å²) in [6.45, 7) is 0.793. The highest BCUT2D eigenvalue weighted by atomic mass is 32.2. The molecule has 1 aliphatic heterocycles. The van der Waals surface area contributed by atoms with Gasteiger partial charge in [-0.2, -0.15) is 13.9 Å². The van der Waals surface area contributed by atoms with E-state index in [1.807, 2.05) is 24.4 Å². The molecule has 150 valence electrons. The van der Waals surface area contributed by atoms with Crippen molar-refractivity contribution in [3.8, 4) is 5.82 Å². The van der Waals surface area contributed by atoms with Gasteiger partial charge >= 0.3 is 0 Å². The molecule has 1 saturated heterocycles. The lowest BCUT2D eigenvalue weighted by Crippen LogP contribution is -2.39. The van der Waals surface area contributed by atoms with Gasteiger partial charge in [0.2, 0.25) is 5.16 Å². The number of hydrogen-bond donors (Lipinski definition) is 0. The minimum atomic E-state index is -3.61. The van der Waals surface area contributed by atoms with E-state index in [4.69, 9.17) is 0 Å². The van der Waals surface area contributed by atoms with E-state index in [0.717, 1.165) is 5.82 Å². The highest BCUT2D eigenvalue weighted by Crippen LogP contribution is 2.29. The maximum atomic E-state index is 12.8. The van der Waals surface area contributed by atoms with Gasteiger partial charge in [0.1, 0.15) is 0 Å². The molecule has 11 nitrogen and oxygen atoms in total. The zero-order valence-electron chi connectivity index (χ0n) is 15.7. The van der Waals surface area contributed by atoms with E-state index in [-0.39, 0.29) is 11.1 Å². The molecule has 29 heavy (non-hydrogen) atoms. The summed E-state index contributed by atoms with van der Waals surface area (Å²) >= 11 is 0. The Morgan fingerprint density at radius 3 is 2.59 bits per heavy atom. The monoisotopic (exact) mass is 413 g/mol. The second kappa shape index (κ2) is 6.74. The molecule has 0 saturated carbocycles. The predicted octanol–water partition coefficient (Wildman–Crippen LogP) is 0.612. The number of sulfonamides is 1. The summed E-state index contributed by atoms with van der Waals surface area (Å²) < 4.78 is 32.1. The van der Waals surface area contributed by atoms with Crippen molar-refractivity contribution in [3.05, 3.63) is 48.8 Å². The van der Waals surface area contributed by atoms with Crippen LogP contribution >= 0.6 is 0 Å². The molecule has 0 aromatic carbocycles. The van der Waals surface area contributed by atoms with Crippen molar-refractivity contribution in [3.63, 3.8) is 0 Å². The number of rotatable bonds is 4. The number of aromatic nitrogens is 8. The molecular weight excluding hydrogens is 394 g/mol. The van der Waals surface area contributed by atoms with Crippen LogP contribution in [0.3, 0.4) is 0 Å². The van der Waals surface area contributed by atoms with Crippen LogP contribution in [-0.2, 0) is 17.1 Å². The number of fused-ring (bicyclic) bond motifs is 1. The van der Waals surface area contributed by atoms with Gasteiger partial charge in [-0.25, -0.2) is 18.1 Å². The van der Waals surface area contributed by atoms with Gasteiger partial charge in [-0.05, 0) is 31.0 Å². The number of imidazole rings is 1. The fraction of sp³-hybridized carbons (Fsp3) is 0.353. The van der Waals surface area contributed by atoms with Crippen LogP contribution < -0.4 is 0 Å². The fourth-order valence-electron chi connectivity index (χ4n) is 3.65. The summed E-state index contributed by atoms with van der Waals surface area (Å²) in [7, 11) is -1.93. The van der Waals surface area contributed by atoms with Crippen LogP contribution in [0.1, 0.15) is 24.6 Å². The van der Waals surface area contributed by atoms with Crippen molar-refractivity contribution in [1.29, 1.82) is 0 Å². The Labute approximate surface area is 166 Å². The third-order valence-electron chi connectivity index (χ3n) is 5.18. The number of aryl methyl sites for hydroxylation is 1. The summed E-state index contributed by atoms with van der Waals surface area (Å²) in [4.78, 5) is 4.00. The Kier molecular flexibility index (Phi) is 4.17. The Hall–Kier alpha value is -3.12. The SMILES string of the molecule is Cn1ccnc1S(=O)(=O)N1CCC(c2nnc3ccc(-n4cccn4)nn23)CC1. The molecule has 4 aromatic heterocycles. The van der Waals surface area contributed by atoms with E-state index in [1.165, 1.54) is 15.1 Å². The van der Waals surface area contributed by atoms with Gasteiger partial charge in [0.25, 0.3) is 10.0 Å². The first-order valence-electron chi connectivity index (χ1n) is 9.24. The van der Waals surface area contributed by atoms with Crippen molar-refractivity contribution in [1.82, 2.24) is 43.4 Å². The first-order chi connectivity index (χ1) is 14.0. The van der Waals surface area contributed by atoms with Gasteiger partial charge in [-0.3, -0.25) is 0 Å². The zero-order chi connectivity index (χ0) is 20.0. The predicted molar refractivity (Wildman–Crippen MR) is 102 cm³/mol. The third kappa shape index (κ3) is 3.00. The normalized spacial score (nSPS) is 16.6. The third-order valence-corrected chi connectivity index (χ3v) is 7.08. The minimum absolute atomic E-state index is 0.0643. The molecular formula is C17H19N9O2S. The highest BCUT2D eigenvalue weighted by Gasteiger charge is 2.34. The highest BCUT2D eigenvalue weighted by molar-refractivity contribution is 7.89. The summed E-state index contributed by atoms with van der Waals surface area (Å²) in [5.74, 6) is 1.47. The first-order valence-corrected chi connectivity index (χ1v) is 10.7. The lowest BCUT2D eigenvalue weighted by Gasteiger charge is -2.29. The van der Waals surface area contributed by atoms with Crippen LogP contribution in [0.25, 0.3) is 11.5 Å². The van der Waals surface area contributed by atoms with Gasteiger partial charge in [-0.15, -0.1) is 15.3 Å². The van der Waals surface area contributed by atoms with E-state index >= 15 is 0 Å². The van der Waals surface area contributed by atoms with Crippen LogP contribution in [0.2, 0.25) is 0 Å². The minimum Gasteiger partial charge on any atom is -0.324 e. The molecule has 4 aromatic rings. The molecule has 0 amide bonds. The lowest BCUT2D eigenvalue weighted by molar-refractivity contribution is 0.309. The maximum absolute atomic E-state index is 12.8. The number of piperidine rings is 1. The molecule has 0 atom stereocenters. The number of nitrogens with zero attached hydrogens (tertiary/aromatic N) is 9. The molecule has 1 fully saturated rings. The Bertz CT molecular complexity index is 1250. The van der Waals surface area contributed by atoms with Crippen molar-refractivity contribution < 1.29 is 8.42 Å². The van der Waals surface area contributed by atoms with E-state index in [9.17, 15) is 8.42 Å². The molecule has 0 bridgehead atoms. The van der Waals surface area contributed by atoms with Gasteiger partial charge in [-0.1, -0.05) is 0 Å². The van der Waals surface area contributed by atoms with E-state index in [2.05, 4.69) is 25.4 Å². The molecule has 0 radical (unpaired) electrons. The Balaban J connectivity index is 1.39. The quantitative estimate of drug-likeness (QED) is 0.481. The smallest absolute Gasteiger partial charge is 0.276 e. The Morgan fingerprint density at radius 2 is 1.90 bits per heavy atom. The molecule has 5 heterocycles. The van der Waals surface area contributed by atoms with Crippen LogP contribution in [0.15, 0.2) is 48.1 Å². The van der Waals surface area contributed by atoms with Gasteiger partial charge in [0, 0.05) is 50.8 Å². The fourth-order valence-corrected chi connectivity index (χ4v) is 5.19. The van der Waals surface area contributed by atoms with Gasteiger partial charge in [0.15, 0.2) is 17.3 Å². The first kappa shape index (κ1) is 17.9. The molecule has 1 aliphatic rings. The second-order valence-electron chi connectivity index (χ2n) is 6.97. The average molecular weight is 413 g/mol. The van der Waals surface area contributed by atoms with Crippen molar-refractivity contribution in [2.45, 2.75) is 23.9 Å².